The van der Waals surface area contributed by atoms with Gasteiger partial charge in [0.15, 0.2) is 0 Å². The van der Waals surface area contributed by atoms with Crippen LogP contribution >= 0.6 is 0 Å². The molecule has 0 spiro atoms. The van der Waals surface area contributed by atoms with Crippen LogP contribution in [0.5, 0.6) is 0 Å². The van der Waals surface area contributed by atoms with Crippen LogP contribution in [-0.2, 0) is 0 Å². The molecule has 1 atom stereocenters. The van der Waals surface area contributed by atoms with Crippen LogP contribution in [0.25, 0.3) is 0 Å². The van der Waals surface area contributed by atoms with E-state index in [1.54, 1.807) is 18.2 Å². The fourth-order valence-electron chi connectivity index (χ4n) is 2.34. The molecule has 1 unspecified atom stereocenters. The number of anilines is 2. The number of benzene rings is 1. The maximum Gasteiger partial charge on any atom is 0.337 e. The van der Waals surface area contributed by atoms with Gasteiger partial charge in [0, 0.05) is 25.7 Å². The number of nitrogens with zero attached hydrogens (tertiary/aromatic N) is 2. The molecule has 0 saturated carbocycles. The third-order valence-electron chi connectivity index (χ3n) is 3.57. The molecule has 1 aliphatic heterocycles. The lowest BCUT2D eigenvalue weighted by Crippen LogP contribution is -2.50. The zero-order chi connectivity index (χ0) is 13.3. The van der Waals surface area contributed by atoms with Crippen LogP contribution < -0.4 is 10.6 Å². The van der Waals surface area contributed by atoms with Crippen molar-refractivity contribution in [2.24, 2.45) is 0 Å². The Bertz CT molecular complexity index is 462. The predicted octanol–water partition coefficient (Wildman–Crippen LogP) is 1.11. The van der Waals surface area contributed by atoms with Crippen molar-refractivity contribution in [1.82, 2.24) is 4.90 Å². The number of piperazine rings is 1. The Kier molecular flexibility index (Phi) is 3.43. The summed E-state index contributed by atoms with van der Waals surface area (Å²) >= 11 is 0. The number of hydrogen-bond donors (Lipinski definition) is 2. The highest BCUT2D eigenvalue weighted by Crippen LogP contribution is 2.29. The molecule has 0 radical (unpaired) electrons. The van der Waals surface area contributed by atoms with Crippen molar-refractivity contribution in [3.8, 4) is 0 Å². The van der Waals surface area contributed by atoms with Gasteiger partial charge < -0.3 is 20.6 Å². The molecule has 5 heteroatoms. The molecule has 1 heterocycles. The molecule has 1 saturated heterocycles. The van der Waals surface area contributed by atoms with Crippen LogP contribution in [-0.4, -0.2) is 48.7 Å². The van der Waals surface area contributed by atoms with E-state index in [4.69, 9.17) is 5.73 Å². The second-order valence-electron chi connectivity index (χ2n) is 4.82. The molecule has 5 nitrogen and oxygen atoms in total. The van der Waals surface area contributed by atoms with Gasteiger partial charge in [0.05, 0.1) is 16.9 Å². The van der Waals surface area contributed by atoms with E-state index < -0.39 is 5.97 Å². The van der Waals surface area contributed by atoms with E-state index in [1.165, 1.54) is 0 Å². The quantitative estimate of drug-likeness (QED) is 0.768. The first-order valence-corrected chi connectivity index (χ1v) is 6.07. The molecule has 0 amide bonds. The number of para-hydroxylation sites is 1. The minimum atomic E-state index is -0.927. The lowest BCUT2D eigenvalue weighted by molar-refractivity contribution is 0.0697. The molecule has 18 heavy (non-hydrogen) atoms. The number of carboxylic acids is 1. The number of likely N-dealkylation sites (N-methyl/N-ethyl adjacent to an activating group) is 1. The van der Waals surface area contributed by atoms with Gasteiger partial charge in [-0.05, 0) is 26.1 Å². The Morgan fingerprint density at radius 1 is 1.44 bits per heavy atom. The number of rotatable bonds is 2. The van der Waals surface area contributed by atoms with Crippen LogP contribution in [0, 0.1) is 0 Å². The minimum absolute atomic E-state index is 0.284. The van der Waals surface area contributed by atoms with Gasteiger partial charge in [-0.3, -0.25) is 0 Å². The molecule has 1 fully saturated rings. The second kappa shape index (κ2) is 4.86. The van der Waals surface area contributed by atoms with E-state index in [1.807, 2.05) is 0 Å². The number of aromatic carboxylic acids is 1. The normalized spacial score (nSPS) is 21.0. The Morgan fingerprint density at radius 2 is 2.17 bits per heavy atom. The fraction of sp³-hybridized carbons (Fsp3) is 0.462. The molecule has 1 aliphatic rings. The largest absolute Gasteiger partial charge is 0.478 e. The maximum atomic E-state index is 11.3. The minimum Gasteiger partial charge on any atom is -0.478 e. The summed E-state index contributed by atoms with van der Waals surface area (Å²) in [4.78, 5) is 15.6. The topological polar surface area (TPSA) is 69.8 Å². The molecule has 1 aromatic rings. The van der Waals surface area contributed by atoms with Gasteiger partial charge in [0.2, 0.25) is 0 Å². The summed E-state index contributed by atoms with van der Waals surface area (Å²) in [5.74, 6) is -0.927. The smallest absolute Gasteiger partial charge is 0.337 e. The third kappa shape index (κ3) is 2.26. The molecule has 3 N–H and O–H groups in total. The van der Waals surface area contributed by atoms with E-state index in [-0.39, 0.29) is 5.56 Å². The van der Waals surface area contributed by atoms with Gasteiger partial charge in [-0.2, -0.15) is 0 Å². The Morgan fingerprint density at radius 3 is 2.78 bits per heavy atom. The van der Waals surface area contributed by atoms with E-state index in [9.17, 15) is 9.90 Å². The summed E-state index contributed by atoms with van der Waals surface area (Å²) in [6.45, 7) is 4.64. The summed E-state index contributed by atoms with van der Waals surface area (Å²) in [6, 6.07) is 5.43. The van der Waals surface area contributed by atoms with Crippen LogP contribution in [0.1, 0.15) is 17.3 Å². The monoisotopic (exact) mass is 249 g/mol. The van der Waals surface area contributed by atoms with Crippen LogP contribution in [0.4, 0.5) is 11.4 Å². The Balaban J connectivity index is 2.36. The summed E-state index contributed by atoms with van der Waals surface area (Å²) in [5.41, 5.74) is 7.43. The lowest BCUT2D eigenvalue weighted by Gasteiger charge is -2.39. The Labute approximate surface area is 107 Å². The van der Waals surface area contributed by atoms with Gasteiger partial charge in [-0.25, -0.2) is 4.79 Å². The van der Waals surface area contributed by atoms with Crippen molar-refractivity contribution in [3.05, 3.63) is 23.8 Å². The van der Waals surface area contributed by atoms with Crippen molar-refractivity contribution >= 4 is 17.3 Å². The van der Waals surface area contributed by atoms with Gasteiger partial charge in [0.1, 0.15) is 0 Å². The highest BCUT2D eigenvalue weighted by atomic mass is 16.4. The second-order valence-corrected chi connectivity index (χ2v) is 4.82. The van der Waals surface area contributed by atoms with E-state index in [0.717, 1.165) is 19.6 Å². The number of nitrogen functional groups attached to an aromatic ring is 1. The molecule has 1 aromatic carbocycles. The van der Waals surface area contributed by atoms with Gasteiger partial charge in [0.25, 0.3) is 0 Å². The van der Waals surface area contributed by atoms with Crippen molar-refractivity contribution < 1.29 is 9.90 Å². The fourth-order valence-corrected chi connectivity index (χ4v) is 2.34. The number of carboxylic acid groups (broad SMARTS) is 1. The molecule has 0 aliphatic carbocycles. The van der Waals surface area contributed by atoms with Crippen LogP contribution in [0.2, 0.25) is 0 Å². The van der Waals surface area contributed by atoms with Crippen LogP contribution in [0.3, 0.4) is 0 Å². The summed E-state index contributed by atoms with van der Waals surface area (Å²) in [7, 11) is 2.08. The number of hydrogen-bond acceptors (Lipinski definition) is 4. The van der Waals surface area contributed by atoms with E-state index >= 15 is 0 Å². The maximum absolute atomic E-state index is 11.3. The van der Waals surface area contributed by atoms with Crippen molar-refractivity contribution in [2.45, 2.75) is 13.0 Å². The SMILES string of the molecule is CC1CN(c2c(N)cccc2C(=O)O)CCN1C. The van der Waals surface area contributed by atoms with E-state index in [2.05, 4.69) is 23.8 Å². The zero-order valence-corrected chi connectivity index (χ0v) is 10.8. The zero-order valence-electron chi connectivity index (χ0n) is 10.8. The van der Waals surface area contributed by atoms with Crippen molar-refractivity contribution in [2.75, 3.05) is 37.3 Å². The highest BCUT2D eigenvalue weighted by molar-refractivity contribution is 5.98. The number of nitrogens with two attached hydrogens (primary N) is 1. The average Bonchev–Trinajstić information content (AvgIpc) is 2.32. The summed E-state index contributed by atoms with van der Waals surface area (Å²) in [6.07, 6.45) is 0. The summed E-state index contributed by atoms with van der Waals surface area (Å²) in [5, 5.41) is 9.25. The first kappa shape index (κ1) is 12.7. The highest BCUT2D eigenvalue weighted by Gasteiger charge is 2.25. The molecule has 0 bridgehead atoms. The first-order chi connectivity index (χ1) is 8.50. The van der Waals surface area contributed by atoms with Crippen molar-refractivity contribution in [1.29, 1.82) is 0 Å². The molecule has 0 aromatic heterocycles. The van der Waals surface area contributed by atoms with E-state index in [0.29, 0.717) is 17.4 Å². The molecular weight excluding hydrogens is 230 g/mol. The third-order valence-corrected chi connectivity index (χ3v) is 3.57. The average molecular weight is 249 g/mol. The Hall–Kier alpha value is -1.75. The molecular formula is C13H19N3O2. The molecule has 2 rings (SSSR count). The summed E-state index contributed by atoms with van der Waals surface area (Å²) < 4.78 is 0. The van der Waals surface area contributed by atoms with Gasteiger partial charge in [-0.15, -0.1) is 0 Å². The van der Waals surface area contributed by atoms with Gasteiger partial charge in [-0.1, -0.05) is 6.07 Å². The van der Waals surface area contributed by atoms with Crippen LogP contribution in [0.15, 0.2) is 18.2 Å². The van der Waals surface area contributed by atoms with Crippen molar-refractivity contribution in [3.63, 3.8) is 0 Å². The molecule has 98 valence electrons. The lowest BCUT2D eigenvalue weighted by atomic mass is 10.1. The first-order valence-electron chi connectivity index (χ1n) is 6.07. The standard InChI is InChI=1S/C13H19N3O2/c1-9-8-16(7-6-15(9)2)12-10(13(17)18)4-3-5-11(12)14/h3-5,9H,6-8,14H2,1-2H3,(H,17,18). The predicted molar refractivity (Wildman–Crippen MR) is 72.1 cm³/mol. The van der Waals surface area contributed by atoms with Gasteiger partial charge >= 0.3 is 5.97 Å². The number of carbonyl (C=O) groups is 1.